The standard InChI is InChI=1S/C26H20N4O4/c1-16-6-5-7-17(14-16)24(31)28-18-10-12-19(13-11-18)34-25-23(20(15-27)26(32)33-2)29-21-8-3-4-9-22(21)30-25/h3-14,20H,1-2H3,(H,28,31). The van der Waals surface area contributed by atoms with Crippen LogP contribution in [0.2, 0.25) is 0 Å². The van der Waals surface area contributed by atoms with E-state index in [2.05, 4.69) is 15.3 Å². The molecule has 0 aliphatic heterocycles. The number of amides is 1. The van der Waals surface area contributed by atoms with Crippen LogP contribution >= 0.6 is 0 Å². The number of aromatic nitrogens is 2. The lowest BCUT2D eigenvalue weighted by Crippen LogP contribution is -2.15. The molecule has 0 fully saturated rings. The summed E-state index contributed by atoms with van der Waals surface area (Å²) in [6.07, 6.45) is 0. The van der Waals surface area contributed by atoms with Gasteiger partial charge in [0.1, 0.15) is 11.4 Å². The van der Waals surface area contributed by atoms with E-state index in [1.165, 1.54) is 7.11 Å². The highest BCUT2D eigenvalue weighted by atomic mass is 16.5. The van der Waals surface area contributed by atoms with Crippen molar-refractivity contribution in [3.63, 3.8) is 0 Å². The Balaban J connectivity index is 1.60. The summed E-state index contributed by atoms with van der Waals surface area (Å²) in [4.78, 5) is 33.5. The Bertz CT molecular complexity index is 1410. The Morgan fingerprint density at radius 2 is 1.68 bits per heavy atom. The molecule has 1 aromatic heterocycles. The molecule has 1 amide bonds. The lowest BCUT2D eigenvalue weighted by Gasteiger charge is -2.13. The Kier molecular flexibility index (Phi) is 6.46. The molecule has 0 aliphatic carbocycles. The first-order valence-corrected chi connectivity index (χ1v) is 10.4. The number of nitrogens with zero attached hydrogens (tertiary/aromatic N) is 3. The minimum Gasteiger partial charge on any atom is -0.468 e. The molecule has 0 saturated carbocycles. The molecule has 1 atom stereocenters. The molecule has 4 rings (SSSR count). The summed E-state index contributed by atoms with van der Waals surface area (Å²) in [5.41, 5.74) is 3.25. The molecule has 8 nitrogen and oxygen atoms in total. The van der Waals surface area contributed by atoms with Gasteiger partial charge < -0.3 is 14.8 Å². The number of hydrogen-bond donors (Lipinski definition) is 1. The summed E-state index contributed by atoms with van der Waals surface area (Å²) < 4.78 is 10.7. The average Bonchev–Trinajstić information content (AvgIpc) is 2.85. The fourth-order valence-corrected chi connectivity index (χ4v) is 3.31. The second kappa shape index (κ2) is 9.79. The van der Waals surface area contributed by atoms with Gasteiger partial charge in [-0.25, -0.2) is 9.97 Å². The quantitative estimate of drug-likeness (QED) is 0.419. The van der Waals surface area contributed by atoms with Crippen LogP contribution in [-0.2, 0) is 9.53 Å². The third-order valence-corrected chi connectivity index (χ3v) is 5.01. The van der Waals surface area contributed by atoms with Crippen LogP contribution in [0.25, 0.3) is 11.0 Å². The zero-order chi connectivity index (χ0) is 24.1. The van der Waals surface area contributed by atoms with Crippen LogP contribution in [0, 0.1) is 18.3 Å². The van der Waals surface area contributed by atoms with Crippen LogP contribution in [-0.4, -0.2) is 29.0 Å². The lowest BCUT2D eigenvalue weighted by atomic mass is 10.1. The molecule has 168 valence electrons. The Labute approximate surface area is 195 Å². The maximum Gasteiger partial charge on any atom is 0.329 e. The highest BCUT2D eigenvalue weighted by Crippen LogP contribution is 2.31. The summed E-state index contributed by atoms with van der Waals surface area (Å²) in [7, 11) is 1.20. The number of nitriles is 1. The topological polar surface area (TPSA) is 114 Å². The van der Waals surface area contributed by atoms with E-state index in [0.29, 0.717) is 28.0 Å². The molecule has 0 aliphatic rings. The van der Waals surface area contributed by atoms with Crippen LogP contribution in [0.4, 0.5) is 5.69 Å². The monoisotopic (exact) mass is 452 g/mol. The van der Waals surface area contributed by atoms with Gasteiger partial charge in [0.05, 0.1) is 24.2 Å². The number of hydrogen-bond acceptors (Lipinski definition) is 7. The van der Waals surface area contributed by atoms with Crippen LogP contribution < -0.4 is 10.1 Å². The van der Waals surface area contributed by atoms with Gasteiger partial charge in [0.2, 0.25) is 5.88 Å². The highest BCUT2D eigenvalue weighted by Gasteiger charge is 2.28. The molecule has 3 aromatic carbocycles. The number of carbonyl (C=O) groups is 2. The van der Waals surface area contributed by atoms with E-state index in [1.807, 2.05) is 25.1 Å². The zero-order valence-electron chi connectivity index (χ0n) is 18.5. The summed E-state index contributed by atoms with van der Waals surface area (Å²) in [6, 6.07) is 22.9. The van der Waals surface area contributed by atoms with Gasteiger partial charge in [-0.1, -0.05) is 29.8 Å². The van der Waals surface area contributed by atoms with Crippen LogP contribution in [0.5, 0.6) is 11.6 Å². The largest absolute Gasteiger partial charge is 0.468 e. The number of para-hydroxylation sites is 2. The number of esters is 1. The Hall–Kier alpha value is -4.77. The fraction of sp³-hybridized carbons (Fsp3) is 0.115. The van der Waals surface area contributed by atoms with Crippen LogP contribution in [0.1, 0.15) is 27.5 Å². The summed E-state index contributed by atoms with van der Waals surface area (Å²) in [6.45, 7) is 1.92. The Morgan fingerprint density at radius 3 is 2.32 bits per heavy atom. The number of carbonyl (C=O) groups excluding carboxylic acids is 2. The number of benzene rings is 3. The molecule has 8 heteroatoms. The van der Waals surface area contributed by atoms with Crippen LogP contribution in [0.3, 0.4) is 0 Å². The maximum atomic E-state index is 12.5. The predicted octanol–water partition coefficient (Wildman–Crippen LogP) is 4.76. The van der Waals surface area contributed by atoms with E-state index in [1.54, 1.807) is 60.7 Å². The molecule has 1 N–H and O–H groups in total. The maximum absolute atomic E-state index is 12.5. The fourth-order valence-electron chi connectivity index (χ4n) is 3.31. The van der Waals surface area contributed by atoms with E-state index >= 15 is 0 Å². The van der Waals surface area contributed by atoms with Crippen molar-refractivity contribution in [3.05, 3.63) is 89.6 Å². The van der Waals surface area contributed by atoms with Crippen molar-refractivity contribution >= 4 is 28.6 Å². The van der Waals surface area contributed by atoms with E-state index in [-0.39, 0.29) is 17.5 Å². The zero-order valence-corrected chi connectivity index (χ0v) is 18.5. The van der Waals surface area contributed by atoms with Gasteiger partial charge in [-0.15, -0.1) is 0 Å². The van der Waals surface area contributed by atoms with Gasteiger partial charge in [-0.05, 0) is 55.5 Å². The molecule has 1 heterocycles. The van der Waals surface area contributed by atoms with Gasteiger partial charge in [-0.3, -0.25) is 9.59 Å². The normalized spacial score (nSPS) is 11.3. The Morgan fingerprint density at radius 1 is 0.971 bits per heavy atom. The second-order valence-electron chi connectivity index (χ2n) is 7.44. The second-order valence-corrected chi connectivity index (χ2v) is 7.44. The molecule has 4 aromatic rings. The SMILES string of the molecule is COC(=O)C(C#N)c1nc2ccccc2nc1Oc1ccc(NC(=O)c2cccc(C)c2)cc1. The predicted molar refractivity (Wildman–Crippen MR) is 126 cm³/mol. The number of aryl methyl sites for hydroxylation is 1. The highest BCUT2D eigenvalue weighted by molar-refractivity contribution is 6.04. The van der Waals surface area contributed by atoms with Gasteiger partial charge >= 0.3 is 5.97 Å². The van der Waals surface area contributed by atoms with Gasteiger partial charge in [0, 0.05) is 11.3 Å². The minimum absolute atomic E-state index is 0.0206. The van der Waals surface area contributed by atoms with Crippen molar-refractivity contribution < 1.29 is 19.1 Å². The number of nitrogens with one attached hydrogen (secondary N) is 1. The smallest absolute Gasteiger partial charge is 0.329 e. The number of rotatable bonds is 6. The summed E-state index contributed by atoms with van der Waals surface area (Å²) in [5, 5.41) is 12.4. The number of fused-ring (bicyclic) bond motifs is 1. The molecular weight excluding hydrogens is 432 g/mol. The number of ether oxygens (including phenoxy) is 2. The summed E-state index contributed by atoms with van der Waals surface area (Å²) in [5.74, 6) is -1.88. The molecule has 0 bridgehead atoms. The molecule has 34 heavy (non-hydrogen) atoms. The van der Waals surface area contributed by atoms with Crippen molar-refractivity contribution in [1.82, 2.24) is 9.97 Å². The molecule has 0 spiro atoms. The van der Waals surface area contributed by atoms with E-state index in [0.717, 1.165) is 5.56 Å². The van der Waals surface area contributed by atoms with E-state index in [4.69, 9.17) is 9.47 Å². The molecule has 1 unspecified atom stereocenters. The molecule has 0 saturated heterocycles. The third-order valence-electron chi connectivity index (χ3n) is 5.01. The summed E-state index contributed by atoms with van der Waals surface area (Å²) >= 11 is 0. The first-order valence-electron chi connectivity index (χ1n) is 10.4. The minimum atomic E-state index is -1.30. The van der Waals surface area contributed by atoms with Gasteiger partial charge in [0.15, 0.2) is 5.92 Å². The lowest BCUT2D eigenvalue weighted by molar-refractivity contribution is -0.141. The first-order chi connectivity index (χ1) is 16.5. The van der Waals surface area contributed by atoms with Crippen molar-refractivity contribution in [2.45, 2.75) is 12.8 Å². The third kappa shape index (κ3) is 4.84. The van der Waals surface area contributed by atoms with Crippen molar-refractivity contribution in [2.75, 3.05) is 12.4 Å². The first kappa shape index (κ1) is 22.4. The average molecular weight is 452 g/mol. The molecule has 0 radical (unpaired) electrons. The van der Waals surface area contributed by atoms with Crippen molar-refractivity contribution in [3.8, 4) is 17.7 Å². The number of anilines is 1. The van der Waals surface area contributed by atoms with E-state index in [9.17, 15) is 14.9 Å². The van der Waals surface area contributed by atoms with Crippen molar-refractivity contribution in [1.29, 1.82) is 5.26 Å². The van der Waals surface area contributed by atoms with Crippen LogP contribution in [0.15, 0.2) is 72.8 Å². The van der Waals surface area contributed by atoms with Gasteiger partial charge in [0.25, 0.3) is 5.91 Å². The van der Waals surface area contributed by atoms with Gasteiger partial charge in [-0.2, -0.15) is 5.26 Å². The molecular formula is C26H20N4O4. The van der Waals surface area contributed by atoms with Crippen molar-refractivity contribution in [2.24, 2.45) is 0 Å². The number of methoxy groups -OCH3 is 1. The van der Waals surface area contributed by atoms with E-state index < -0.39 is 11.9 Å².